The summed E-state index contributed by atoms with van der Waals surface area (Å²) in [5.74, 6) is 1.79. The van der Waals surface area contributed by atoms with Crippen molar-refractivity contribution in [2.75, 3.05) is 27.3 Å². The fourth-order valence-corrected chi connectivity index (χ4v) is 2.11. The highest BCUT2D eigenvalue weighted by molar-refractivity contribution is 5.49. The monoisotopic (exact) mass is 266 g/mol. The Hall–Kier alpha value is -1.26. The molecule has 0 fully saturated rings. The first-order valence-corrected chi connectivity index (χ1v) is 6.77. The van der Waals surface area contributed by atoms with Gasteiger partial charge in [0, 0.05) is 11.6 Å². The van der Waals surface area contributed by atoms with E-state index in [1.807, 2.05) is 19.9 Å². The van der Waals surface area contributed by atoms with Crippen LogP contribution in [0.2, 0.25) is 0 Å². The number of nitrogens with two attached hydrogens (primary N) is 1. The number of nitrogens with one attached hydrogen (secondary N) is 1. The van der Waals surface area contributed by atoms with Gasteiger partial charge in [0.25, 0.3) is 0 Å². The second-order valence-corrected chi connectivity index (χ2v) is 4.85. The normalized spacial score (nSPS) is 12.3. The van der Waals surface area contributed by atoms with E-state index in [9.17, 15) is 0 Å². The maximum atomic E-state index is 5.71. The van der Waals surface area contributed by atoms with Crippen molar-refractivity contribution >= 4 is 0 Å². The highest BCUT2D eigenvalue weighted by Crippen LogP contribution is 2.31. The lowest BCUT2D eigenvalue weighted by Crippen LogP contribution is -2.25. The smallest absolute Gasteiger partial charge is 0.128 e. The molecule has 1 unspecified atom stereocenters. The Morgan fingerprint density at radius 2 is 1.95 bits per heavy atom. The van der Waals surface area contributed by atoms with Crippen LogP contribution < -0.4 is 20.5 Å². The molecule has 0 spiro atoms. The van der Waals surface area contributed by atoms with Crippen LogP contribution in [0.25, 0.3) is 0 Å². The Labute approximate surface area is 116 Å². The van der Waals surface area contributed by atoms with Crippen molar-refractivity contribution in [3.63, 3.8) is 0 Å². The minimum atomic E-state index is 0.255. The average Bonchev–Trinajstić information content (AvgIpc) is 2.38. The lowest BCUT2D eigenvalue weighted by Gasteiger charge is -2.15. The zero-order valence-electron chi connectivity index (χ0n) is 12.5. The van der Waals surface area contributed by atoms with Gasteiger partial charge in [-0.1, -0.05) is 6.07 Å². The third-order valence-electron chi connectivity index (χ3n) is 3.21. The summed E-state index contributed by atoms with van der Waals surface area (Å²) in [4.78, 5) is 0. The first-order chi connectivity index (χ1) is 9.10. The molecule has 0 aromatic heterocycles. The fourth-order valence-electron chi connectivity index (χ4n) is 2.11. The van der Waals surface area contributed by atoms with E-state index in [-0.39, 0.29) is 6.04 Å². The summed E-state index contributed by atoms with van der Waals surface area (Å²) in [6, 6.07) is 4.32. The Bertz CT molecular complexity index is 392. The molecule has 3 N–H and O–H groups in total. The predicted octanol–water partition coefficient (Wildman–Crippen LogP) is 1.88. The first kappa shape index (κ1) is 15.8. The molecule has 0 radical (unpaired) electrons. The van der Waals surface area contributed by atoms with Gasteiger partial charge in [-0.25, -0.2) is 0 Å². The second-order valence-electron chi connectivity index (χ2n) is 4.85. The van der Waals surface area contributed by atoms with Gasteiger partial charge in [-0.15, -0.1) is 0 Å². The van der Waals surface area contributed by atoms with Gasteiger partial charge in [0.05, 0.1) is 14.2 Å². The summed E-state index contributed by atoms with van der Waals surface area (Å²) >= 11 is 0. The summed E-state index contributed by atoms with van der Waals surface area (Å²) in [5, 5.41) is 3.40. The van der Waals surface area contributed by atoms with Crippen LogP contribution in [0.3, 0.4) is 0 Å². The number of hydrogen-bond donors (Lipinski definition) is 2. The van der Waals surface area contributed by atoms with Crippen molar-refractivity contribution in [2.24, 2.45) is 5.73 Å². The molecule has 0 bridgehead atoms. The van der Waals surface area contributed by atoms with Gasteiger partial charge in [-0.3, -0.25) is 0 Å². The van der Waals surface area contributed by atoms with Gasteiger partial charge < -0.3 is 20.5 Å². The van der Waals surface area contributed by atoms with Gasteiger partial charge in [0.15, 0.2) is 0 Å². The van der Waals surface area contributed by atoms with Crippen LogP contribution in [0.4, 0.5) is 0 Å². The van der Waals surface area contributed by atoms with E-state index in [2.05, 4.69) is 11.4 Å². The van der Waals surface area contributed by atoms with Crippen molar-refractivity contribution in [3.8, 4) is 11.5 Å². The molecule has 4 nitrogen and oxygen atoms in total. The highest BCUT2D eigenvalue weighted by Gasteiger charge is 2.10. The van der Waals surface area contributed by atoms with Crippen LogP contribution >= 0.6 is 0 Å². The van der Waals surface area contributed by atoms with Crippen LogP contribution in [0.5, 0.6) is 11.5 Å². The maximum absolute atomic E-state index is 5.71. The van der Waals surface area contributed by atoms with Gasteiger partial charge in [0.2, 0.25) is 0 Å². The van der Waals surface area contributed by atoms with Crippen molar-refractivity contribution in [2.45, 2.75) is 32.7 Å². The molecule has 0 saturated carbocycles. The molecule has 1 atom stereocenters. The number of methoxy groups -OCH3 is 2. The van der Waals surface area contributed by atoms with E-state index in [0.29, 0.717) is 0 Å². The quantitative estimate of drug-likeness (QED) is 0.705. The number of ether oxygens (including phenoxy) is 2. The van der Waals surface area contributed by atoms with Gasteiger partial charge in [0.1, 0.15) is 11.5 Å². The molecule has 1 aromatic carbocycles. The molecule has 0 aliphatic heterocycles. The van der Waals surface area contributed by atoms with Crippen LogP contribution in [0, 0.1) is 6.92 Å². The standard InChI is InChI=1S/C15H26N2O2/c1-11(16)7-9-17-10-8-13-5-6-14(18-3)12(2)15(13)19-4/h5-6,11,17H,7-10,16H2,1-4H3. The molecule has 1 rings (SSSR count). The molecular weight excluding hydrogens is 240 g/mol. The largest absolute Gasteiger partial charge is 0.496 e. The van der Waals surface area contributed by atoms with Crippen molar-refractivity contribution < 1.29 is 9.47 Å². The van der Waals surface area contributed by atoms with E-state index < -0.39 is 0 Å². The average molecular weight is 266 g/mol. The zero-order valence-corrected chi connectivity index (χ0v) is 12.5. The Morgan fingerprint density at radius 1 is 1.21 bits per heavy atom. The van der Waals surface area contributed by atoms with Crippen LogP contribution in [-0.2, 0) is 6.42 Å². The number of benzene rings is 1. The second kappa shape index (κ2) is 8.02. The van der Waals surface area contributed by atoms with E-state index in [0.717, 1.165) is 43.0 Å². The van der Waals surface area contributed by atoms with Crippen molar-refractivity contribution in [3.05, 3.63) is 23.3 Å². The Morgan fingerprint density at radius 3 is 2.53 bits per heavy atom. The first-order valence-electron chi connectivity index (χ1n) is 6.77. The van der Waals surface area contributed by atoms with E-state index >= 15 is 0 Å². The summed E-state index contributed by atoms with van der Waals surface area (Å²) in [6.07, 6.45) is 1.94. The topological polar surface area (TPSA) is 56.5 Å². The number of hydrogen-bond acceptors (Lipinski definition) is 4. The molecule has 0 saturated heterocycles. The molecule has 4 heteroatoms. The SMILES string of the molecule is COc1ccc(CCNCCC(C)N)c(OC)c1C. The summed E-state index contributed by atoms with van der Waals surface area (Å²) in [7, 11) is 3.38. The van der Waals surface area contributed by atoms with Crippen molar-refractivity contribution in [1.82, 2.24) is 5.32 Å². The van der Waals surface area contributed by atoms with Crippen LogP contribution in [0.15, 0.2) is 12.1 Å². The van der Waals surface area contributed by atoms with E-state index in [1.54, 1.807) is 14.2 Å². The predicted molar refractivity (Wildman–Crippen MR) is 79.1 cm³/mol. The van der Waals surface area contributed by atoms with Crippen LogP contribution in [-0.4, -0.2) is 33.4 Å². The molecule has 0 aliphatic carbocycles. The third-order valence-corrected chi connectivity index (χ3v) is 3.21. The molecule has 19 heavy (non-hydrogen) atoms. The van der Waals surface area contributed by atoms with Gasteiger partial charge in [-0.05, 0) is 51.4 Å². The van der Waals surface area contributed by atoms with E-state index in [4.69, 9.17) is 15.2 Å². The molecule has 0 heterocycles. The third kappa shape index (κ3) is 4.73. The summed E-state index contributed by atoms with van der Waals surface area (Å²) in [5.41, 5.74) is 7.97. The van der Waals surface area contributed by atoms with Crippen molar-refractivity contribution in [1.29, 1.82) is 0 Å². The lowest BCUT2D eigenvalue weighted by atomic mass is 10.1. The minimum absolute atomic E-state index is 0.255. The minimum Gasteiger partial charge on any atom is -0.496 e. The lowest BCUT2D eigenvalue weighted by molar-refractivity contribution is 0.385. The Balaban J connectivity index is 2.56. The van der Waals surface area contributed by atoms with Crippen LogP contribution in [0.1, 0.15) is 24.5 Å². The van der Waals surface area contributed by atoms with E-state index in [1.165, 1.54) is 5.56 Å². The molecule has 1 aromatic rings. The molecule has 0 amide bonds. The maximum Gasteiger partial charge on any atom is 0.128 e. The number of rotatable bonds is 8. The summed E-state index contributed by atoms with van der Waals surface area (Å²) < 4.78 is 10.8. The van der Waals surface area contributed by atoms with Gasteiger partial charge in [-0.2, -0.15) is 0 Å². The van der Waals surface area contributed by atoms with Gasteiger partial charge >= 0.3 is 0 Å². The molecule has 0 aliphatic rings. The fraction of sp³-hybridized carbons (Fsp3) is 0.600. The highest BCUT2D eigenvalue weighted by atomic mass is 16.5. The summed E-state index contributed by atoms with van der Waals surface area (Å²) in [6.45, 7) is 5.92. The zero-order chi connectivity index (χ0) is 14.3. The molecule has 108 valence electrons. The Kier molecular flexibility index (Phi) is 6.67. The molecular formula is C15H26N2O2.